The van der Waals surface area contributed by atoms with Crippen LogP contribution in [0.25, 0.3) is 5.69 Å². The summed E-state index contributed by atoms with van der Waals surface area (Å²) in [5.74, 6) is 0. The first-order valence-electron chi connectivity index (χ1n) is 7.98. The summed E-state index contributed by atoms with van der Waals surface area (Å²) < 4.78 is 1.29. The lowest BCUT2D eigenvalue weighted by atomic mass is 10.0. The molecule has 0 fully saturated rings. The number of fused-ring (bicyclic) bond motifs is 1. The van der Waals surface area contributed by atoms with Crippen molar-refractivity contribution in [3.63, 3.8) is 0 Å². The minimum absolute atomic E-state index is 0.136. The molecule has 0 amide bonds. The van der Waals surface area contributed by atoms with Crippen LogP contribution in [0.15, 0.2) is 41.3 Å². The van der Waals surface area contributed by atoms with E-state index >= 15 is 0 Å². The summed E-state index contributed by atoms with van der Waals surface area (Å²) in [6.45, 7) is 1.20. The predicted molar refractivity (Wildman–Crippen MR) is 103 cm³/mol. The van der Waals surface area contributed by atoms with Crippen LogP contribution in [0.4, 0.5) is 10.7 Å². The second-order valence-electron chi connectivity index (χ2n) is 5.92. The number of hydrogen-bond donors (Lipinski definition) is 1. The van der Waals surface area contributed by atoms with Gasteiger partial charge in [-0.15, -0.1) is 11.3 Å². The average molecular weight is 384 g/mol. The van der Waals surface area contributed by atoms with Crippen molar-refractivity contribution in [2.45, 2.75) is 13.0 Å². The van der Waals surface area contributed by atoms with Gasteiger partial charge in [0, 0.05) is 11.4 Å². The van der Waals surface area contributed by atoms with E-state index in [2.05, 4.69) is 11.2 Å². The zero-order chi connectivity index (χ0) is 18.3. The van der Waals surface area contributed by atoms with Crippen molar-refractivity contribution >= 4 is 33.6 Å². The van der Waals surface area contributed by atoms with Crippen LogP contribution in [0, 0.1) is 11.3 Å². The maximum absolute atomic E-state index is 12.7. The second-order valence-corrected chi connectivity index (χ2v) is 7.44. The fraction of sp³-hybridized carbons (Fsp3) is 0.167. The van der Waals surface area contributed by atoms with E-state index in [1.165, 1.54) is 16.0 Å². The summed E-state index contributed by atoms with van der Waals surface area (Å²) in [5.41, 5.74) is 8.43. The van der Waals surface area contributed by atoms with Gasteiger partial charge in [-0.05, 0) is 24.1 Å². The molecule has 0 atom stereocenters. The molecule has 0 bridgehead atoms. The highest BCUT2D eigenvalue weighted by Crippen LogP contribution is 2.36. The van der Waals surface area contributed by atoms with Gasteiger partial charge in [0.1, 0.15) is 16.1 Å². The summed E-state index contributed by atoms with van der Waals surface area (Å²) in [4.78, 5) is 15.7. The Balaban J connectivity index is 1.70. The third-order valence-corrected chi connectivity index (χ3v) is 5.84. The van der Waals surface area contributed by atoms with E-state index in [4.69, 9.17) is 17.3 Å². The smallest absolute Gasteiger partial charge is 0.292 e. The number of anilines is 2. The predicted octanol–water partition coefficient (Wildman–Crippen LogP) is 2.96. The minimum Gasteiger partial charge on any atom is -0.389 e. The standard InChI is InChI=1S/C18H14ClN5OS/c19-16-14(9-22-24(18(16)25)11-4-2-1-3-5-11)23-7-6-12-13(8-20)17(21)26-15(12)10-23/h1-5,9H,6-7,10,21H2. The molecule has 0 unspecified atom stereocenters. The number of nitriles is 1. The van der Waals surface area contributed by atoms with E-state index < -0.39 is 0 Å². The fourth-order valence-electron chi connectivity index (χ4n) is 3.15. The van der Waals surface area contributed by atoms with Crippen LogP contribution in [-0.4, -0.2) is 16.3 Å². The number of nitrogens with two attached hydrogens (primary N) is 1. The Bertz CT molecular complexity index is 1080. The number of benzene rings is 1. The highest BCUT2D eigenvalue weighted by molar-refractivity contribution is 7.16. The number of rotatable bonds is 2. The van der Waals surface area contributed by atoms with Crippen LogP contribution in [0.1, 0.15) is 16.0 Å². The highest BCUT2D eigenvalue weighted by atomic mass is 35.5. The van der Waals surface area contributed by atoms with Crippen LogP contribution in [0.2, 0.25) is 5.02 Å². The number of nitrogens with zero attached hydrogens (tertiary/aromatic N) is 4. The zero-order valence-electron chi connectivity index (χ0n) is 13.6. The third-order valence-electron chi connectivity index (χ3n) is 4.44. The Morgan fingerprint density at radius 3 is 2.81 bits per heavy atom. The number of aromatic nitrogens is 2. The van der Waals surface area contributed by atoms with E-state index in [1.807, 2.05) is 23.1 Å². The van der Waals surface area contributed by atoms with Gasteiger partial charge >= 0.3 is 0 Å². The van der Waals surface area contributed by atoms with Crippen molar-refractivity contribution in [1.82, 2.24) is 9.78 Å². The largest absolute Gasteiger partial charge is 0.389 e. The Hall–Kier alpha value is -2.82. The quantitative estimate of drug-likeness (QED) is 0.735. The number of para-hydroxylation sites is 1. The molecule has 0 spiro atoms. The molecule has 26 heavy (non-hydrogen) atoms. The number of halogens is 1. The molecule has 0 aliphatic carbocycles. The van der Waals surface area contributed by atoms with Crippen molar-refractivity contribution in [3.8, 4) is 11.8 Å². The molecule has 1 aliphatic heterocycles. The Labute approximate surface area is 158 Å². The van der Waals surface area contributed by atoms with E-state index in [0.29, 0.717) is 41.4 Å². The number of thiophene rings is 1. The normalized spacial score (nSPS) is 13.3. The van der Waals surface area contributed by atoms with Gasteiger partial charge in [0.25, 0.3) is 5.56 Å². The molecule has 2 aromatic heterocycles. The lowest BCUT2D eigenvalue weighted by Crippen LogP contribution is -2.32. The molecule has 2 N–H and O–H groups in total. The Morgan fingerprint density at radius 2 is 2.08 bits per heavy atom. The maximum atomic E-state index is 12.7. The Morgan fingerprint density at radius 1 is 1.31 bits per heavy atom. The summed E-state index contributed by atoms with van der Waals surface area (Å²) in [6, 6.07) is 11.3. The van der Waals surface area contributed by atoms with Gasteiger partial charge < -0.3 is 10.6 Å². The zero-order valence-corrected chi connectivity index (χ0v) is 15.2. The van der Waals surface area contributed by atoms with Gasteiger partial charge in [-0.2, -0.15) is 15.0 Å². The topological polar surface area (TPSA) is 87.9 Å². The SMILES string of the molecule is N#Cc1c(N)sc2c1CCN(c1cnn(-c3ccccc3)c(=O)c1Cl)C2. The van der Waals surface area contributed by atoms with Gasteiger partial charge in [-0.25, -0.2) is 0 Å². The van der Waals surface area contributed by atoms with Crippen molar-refractivity contribution < 1.29 is 0 Å². The summed E-state index contributed by atoms with van der Waals surface area (Å²) in [5, 5.41) is 14.2. The lowest BCUT2D eigenvalue weighted by Gasteiger charge is -2.29. The Kier molecular flexibility index (Phi) is 4.15. The van der Waals surface area contributed by atoms with Crippen molar-refractivity contribution in [1.29, 1.82) is 5.26 Å². The molecule has 3 heterocycles. The van der Waals surface area contributed by atoms with Crippen molar-refractivity contribution in [3.05, 3.63) is 67.9 Å². The van der Waals surface area contributed by atoms with Crippen LogP contribution in [0.5, 0.6) is 0 Å². The molecule has 0 radical (unpaired) electrons. The van der Waals surface area contributed by atoms with Gasteiger partial charge in [-0.3, -0.25) is 4.79 Å². The lowest BCUT2D eigenvalue weighted by molar-refractivity contribution is 0.727. The molecule has 1 aromatic carbocycles. The van der Waals surface area contributed by atoms with E-state index in [1.54, 1.807) is 18.3 Å². The van der Waals surface area contributed by atoms with Gasteiger partial charge in [-0.1, -0.05) is 29.8 Å². The fourth-order valence-corrected chi connectivity index (χ4v) is 4.48. The van der Waals surface area contributed by atoms with E-state index in [9.17, 15) is 10.1 Å². The maximum Gasteiger partial charge on any atom is 0.292 e. The summed E-state index contributed by atoms with van der Waals surface area (Å²) >= 11 is 7.80. The summed E-state index contributed by atoms with van der Waals surface area (Å²) in [7, 11) is 0. The van der Waals surface area contributed by atoms with Crippen LogP contribution < -0.4 is 16.2 Å². The minimum atomic E-state index is -0.357. The molecule has 0 saturated carbocycles. The molecular weight excluding hydrogens is 370 g/mol. The molecule has 0 saturated heterocycles. The highest BCUT2D eigenvalue weighted by Gasteiger charge is 2.26. The monoisotopic (exact) mass is 383 g/mol. The molecule has 8 heteroatoms. The first-order valence-corrected chi connectivity index (χ1v) is 9.18. The second kappa shape index (κ2) is 6.48. The van der Waals surface area contributed by atoms with Gasteiger partial charge in [0.05, 0.1) is 29.7 Å². The molecule has 1 aliphatic rings. The van der Waals surface area contributed by atoms with E-state index in [-0.39, 0.29) is 10.6 Å². The number of nitrogen functional groups attached to an aromatic ring is 1. The number of hydrogen-bond acceptors (Lipinski definition) is 6. The average Bonchev–Trinajstić information content (AvgIpc) is 2.98. The third kappa shape index (κ3) is 2.64. The molecule has 6 nitrogen and oxygen atoms in total. The van der Waals surface area contributed by atoms with E-state index in [0.717, 1.165) is 10.4 Å². The van der Waals surface area contributed by atoms with Crippen LogP contribution in [0.3, 0.4) is 0 Å². The van der Waals surface area contributed by atoms with Crippen LogP contribution in [-0.2, 0) is 13.0 Å². The molecule has 3 aromatic rings. The summed E-state index contributed by atoms with van der Waals surface area (Å²) in [6.07, 6.45) is 2.30. The first-order chi connectivity index (χ1) is 12.6. The van der Waals surface area contributed by atoms with Gasteiger partial charge in [0.15, 0.2) is 0 Å². The van der Waals surface area contributed by atoms with Gasteiger partial charge in [0.2, 0.25) is 0 Å². The molecular formula is C18H14ClN5OS. The van der Waals surface area contributed by atoms with Crippen molar-refractivity contribution in [2.24, 2.45) is 0 Å². The van der Waals surface area contributed by atoms with Crippen LogP contribution >= 0.6 is 22.9 Å². The molecule has 4 rings (SSSR count). The first kappa shape index (κ1) is 16.6. The molecule has 130 valence electrons. The van der Waals surface area contributed by atoms with Crippen molar-refractivity contribution in [2.75, 3.05) is 17.2 Å².